The first-order valence-corrected chi connectivity index (χ1v) is 6.44. The van der Waals surface area contributed by atoms with Crippen LogP contribution in [-0.4, -0.2) is 16.2 Å². The van der Waals surface area contributed by atoms with Crippen LogP contribution in [0.4, 0.5) is 0 Å². The molecule has 4 nitrogen and oxygen atoms in total. The van der Waals surface area contributed by atoms with E-state index in [4.69, 9.17) is 4.52 Å². The van der Waals surface area contributed by atoms with Crippen molar-refractivity contribution in [3.63, 3.8) is 0 Å². The zero-order valence-corrected chi connectivity index (χ0v) is 10.5. The van der Waals surface area contributed by atoms with E-state index in [1.807, 2.05) is 18.2 Å². The third-order valence-corrected chi connectivity index (χ3v) is 3.28. The van der Waals surface area contributed by atoms with E-state index >= 15 is 0 Å². The fourth-order valence-corrected chi connectivity index (χ4v) is 1.92. The van der Waals surface area contributed by atoms with Crippen LogP contribution in [-0.2, 0) is 6.54 Å². The number of nitrogens with zero attached hydrogens (tertiary/aromatic N) is 2. The van der Waals surface area contributed by atoms with Gasteiger partial charge in [-0.15, -0.1) is 0 Å². The first-order valence-electron chi connectivity index (χ1n) is 6.44. The molecule has 1 aliphatic rings. The van der Waals surface area contributed by atoms with Crippen molar-refractivity contribution in [2.45, 2.75) is 38.3 Å². The molecule has 94 valence electrons. The van der Waals surface area contributed by atoms with Crippen molar-refractivity contribution >= 4 is 0 Å². The summed E-state index contributed by atoms with van der Waals surface area (Å²) in [5, 5.41) is 7.39. The number of benzene rings is 1. The lowest BCUT2D eigenvalue weighted by molar-refractivity contribution is 0.364. The molecule has 1 N–H and O–H groups in total. The minimum Gasteiger partial charge on any atom is -0.339 e. The van der Waals surface area contributed by atoms with Gasteiger partial charge >= 0.3 is 0 Å². The van der Waals surface area contributed by atoms with E-state index in [0.717, 1.165) is 5.82 Å². The number of aromatic nitrogens is 2. The Labute approximate surface area is 106 Å². The molecule has 2 aromatic rings. The lowest BCUT2D eigenvalue weighted by Crippen LogP contribution is -2.16. The molecule has 18 heavy (non-hydrogen) atoms. The minimum absolute atomic E-state index is 0.147. The summed E-state index contributed by atoms with van der Waals surface area (Å²) in [6, 6.07) is 10.9. The SMILES string of the molecule is CC(c1ccccc1)c1nc(CNC2CC2)no1. The maximum atomic E-state index is 5.33. The number of hydrogen-bond donors (Lipinski definition) is 1. The van der Waals surface area contributed by atoms with E-state index in [1.165, 1.54) is 18.4 Å². The number of rotatable bonds is 5. The molecule has 0 amide bonds. The molecule has 1 heterocycles. The van der Waals surface area contributed by atoms with Crippen LogP contribution in [0.1, 0.15) is 43.0 Å². The lowest BCUT2D eigenvalue weighted by atomic mass is 10.0. The summed E-state index contributed by atoms with van der Waals surface area (Å²) >= 11 is 0. The normalized spacial score (nSPS) is 16.7. The number of nitrogens with one attached hydrogen (secondary N) is 1. The molecule has 0 saturated heterocycles. The van der Waals surface area contributed by atoms with Crippen LogP contribution in [0.3, 0.4) is 0 Å². The Morgan fingerprint density at radius 1 is 1.33 bits per heavy atom. The van der Waals surface area contributed by atoms with Gasteiger partial charge in [0, 0.05) is 6.04 Å². The van der Waals surface area contributed by atoms with Crippen LogP contribution >= 0.6 is 0 Å². The van der Waals surface area contributed by atoms with Crippen LogP contribution < -0.4 is 5.32 Å². The van der Waals surface area contributed by atoms with Crippen LogP contribution in [0.15, 0.2) is 34.9 Å². The van der Waals surface area contributed by atoms with Crippen LogP contribution in [0.2, 0.25) is 0 Å². The van der Waals surface area contributed by atoms with Crippen molar-refractivity contribution < 1.29 is 4.52 Å². The predicted molar refractivity (Wildman–Crippen MR) is 68.1 cm³/mol. The highest BCUT2D eigenvalue weighted by Crippen LogP contribution is 2.22. The van der Waals surface area contributed by atoms with Gasteiger partial charge in [0.05, 0.1) is 12.5 Å². The summed E-state index contributed by atoms with van der Waals surface area (Å²) in [7, 11) is 0. The van der Waals surface area contributed by atoms with Crippen molar-refractivity contribution in [2.24, 2.45) is 0 Å². The van der Waals surface area contributed by atoms with E-state index in [2.05, 4.69) is 34.5 Å². The highest BCUT2D eigenvalue weighted by atomic mass is 16.5. The highest BCUT2D eigenvalue weighted by molar-refractivity contribution is 5.23. The van der Waals surface area contributed by atoms with E-state index < -0.39 is 0 Å². The molecule has 0 spiro atoms. The van der Waals surface area contributed by atoms with Gasteiger partial charge in [0.1, 0.15) is 0 Å². The molecule has 1 atom stereocenters. The largest absolute Gasteiger partial charge is 0.339 e. The summed E-state index contributed by atoms with van der Waals surface area (Å²) in [5.41, 5.74) is 1.20. The van der Waals surface area contributed by atoms with Gasteiger partial charge in [-0.2, -0.15) is 4.98 Å². The second-order valence-electron chi connectivity index (χ2n) is 4.84. The van der Waals surface area contributed by atoms with Gasteiger partial charge in [-0.1, -0.05) is 35.5 Å². The quantitative estimate of drug-likeness (QED) is 0.876. The van der Waals surface area contributed by atoms with E-state index in [1.54, 1.807) is 0 Å². The molecular formula is C14H17N3O. The van der Waals surface area contributed by atoms with Crippen molar-refractivity contribution in [3.05, 3.63) is 47.6 Å². The topological polar surface area (TPSA) is 51.0 Å². The average molecular weight is 243 g/mol. The zero-order chi connectivity index (χ0) is 12.4. The minimum atomic E-state index is 0.147. The van der Waals surface area contributed by atoms with Gasteiger partial charge in [0.25, 0.3) is 0 Å². The predicted octanol–water partition coefficient (Wildman–Crippen LogP) is 2.47. The average Bonchev–Trinajstić information content (AvgIpc) is 3.14. The molecule has 1 fully saturated rings. The Morgan fingerprint density at radius 2 is 2.11 bits per heavy atom. The lowest BCUT2D eigenvalue weighted by Gasteiger charge is -2.05. The molecule has 1 saturated carbocycles. The second kappa shape index (κ2) is 4.90. The van der Waals surface area contributed by atoms with Crippen molar-refractivity contribution in [2.75, 3.05) is 0 Å². The Morgan fingerprint density at radius 3 is 2.83 bits per heavy atom. The van der Waals surface area contributed by atoms with E-state index in [-0.39, 0.29) is 5.92 Å². The summed E-state index contributed by atoms with van der Waals surface area (Å²) in [5.74, 6) is 1.59. The molecule has 4 heteroatoms. The fraction of sp³-hybridized carbons (Fsp3) is 0.429. The molecule has 1 aliphatic carbocycles. The van der Waals surface area contributed by atoms with Gasteiger partial charge in [0.2, 0.25) is 5.89 Å². The monoisotopic (exact) mass is 243 g/mol. The van der Waals surface area contributed by atoms with Crippen LogP contribution in [0.5, 0.6) is 0 Å². The summed E-state index contributed by atoms with van der Waals surface area (Å²) in [4.78, 5) is 4.45. The molecule has 1 aromatic carbocycles. The summed E-state index contributed by atoms with van der Waals surface area (Å²) in [6.45, 7) is 2.79. The van der Waals surface area contributed by atoms with Gasteiger partial charge in [-0.3, -0.25) is 0 Å². The standard InChI is InChI=1S/C14H17N3O/c1-10(11-5-3-2-4-6-11)14-16-13(17-18-14)9-15-12-7-8-12/h2-6,10,12,15H,7-9H2,1H3. The Kier molecular flexibility index (Phi) is 3.11. The fourth-order valence-electron chi connectivity index (χ4n) is 1.92. The van der Waals surface area contributed by atoms with Gasteiger partial charge in [0.15, 0.2) is 5.82 Å². The van der Waals surface area contributed by atoms with Gasteiger partial charge in [-0.25, -0.2) is 0 Å². The first-order chi connectivity index (χ1) is 8.83. The molecular weight excluding hydrogens is 226 g/mol. The summed E-state index contributed by atoms with van der Waals surface area (Å²) in [6.07, 6.45) is 2.54. The molecule has 1 unspecified atom stereocenters. The molecule has 1 aromatic heterocycles. The van der Waals surface area contributed by atoms with Crippen LogP contribution in [0, 0.1) is 0 Å². The molecule has 0 aliphatic heterocycles. The van der Waals surface area contributed by atoms with Crippen molar-refractivity contribution in [1.29, 1.82) is 0 Å². The van der Waals surface area contributed by atoms with E-state index in [9.17, 15) is 0 Å². The highest BCUT2D eigenvalue weighted by Gasteiger charge is 2.21. The van der Waals surface area contributed by atoms with E-state index in [0.29, 0.717) is 18.5 Å². The zero-order valence-electron chi connectivity index (χ0n) is 10.5. The first kappa shape index (κ1) is 11.4. The Balaban J connectivity index is 1.68. The maximum absolute atomic E-state index is 5.33. The molecule has 0 bridgehead atoms. The van der Waals surface area contributed by atoms with Gasteiger partial charge < -0.3 is 9.84 Å². The smallest absolute Gasteiger partial charge is 0.233 e. The van der Waals surface area contributed by atoms with Crippen molar-refractivity contribution in [1.82, 2.24) is 15.5 Å². The summed E-state index contributed by atoms with van der Waals surface area (Å²) < 4.78 is 5.33. The third-order valence-electron chi connectivity index (χ3n) is 3.28. The number of hydrogen-bond acceptors (Lipinski definition) is 4. The Hall–Kier alpha value is -1.68. The maximum Gasteiger partial charge on any atom is 0.233 e. The molecule has 0 radical (unpaired) electrons. The van der Waals surface area contributed by atoms with Gasteiger partial charge in [-0.05, 0) is 25.3 Å². The molecule has 3 rings (SSSR count). The third kappa shape index (κ3) is 2.59. The van der Waals surface area contributed by atoms with Crippen LogP contribution in [0.25, 0.3) is 0 Å². The van der Waals surface area contributed by atoms with Crippen molar-refractivity contribution in [3.8, 4) is 0 Å². The Bertz CT molecular complexity index is 505. The second-order valence-corrected chi connectivity index (χ2v) is 4.84.